The highest BCUT2D eigenvalue weighted by molar-refractivity contribution is 6.39. The van der Waals surface area contributed by atoms with Crippen LogP contribution in [0.25, 0.3) is 11.1 Å². The van der Waals surface area contributed by atoms with E-state index >= 15 is 0 Å². The molecule has 2 heterocycles. The van der Waals surface area contributed by atoms with Gasteiger partial charge in [-0.2, -0.15) is 4.98 Å². The molecule has 0 aliphatic carbocycles. The number of hydrogen-bond acceptors (Lipinski definition) is 5. The average molecular weight is 392 g/mol. The molecule has 7 heteroatoms. The van der Waals surface area contributed by atoms with Crippen molar-refractivity contribution >= 4 is 34.6 Å². The first-order valence-electron chi connectivity index (χ1n) is 9.85. The molecule has 4 rings (SSSR count). The quantitative estimate of drug-likeness (QED) is 0.666. The van der Waals surface area contributed by atoms with Crippen LogP contribution in [0.4, 0.5) is 11.7 Å². The lowest BCUT2D eigenvalue weighted by Crippen LogP contribution is -2.41. The van der Waals surface area contributed by atoms with E-state index in [1.165, 1.54) is 0 Å². The third kappa shape index (κ3) is 4.56. The number of hydrogen-bond donors (Lipinski definition) is 2. The second-order valence-electron chi connectivity index (χ2n) is 7.43. The summed E-state index contributed by atoms with van der Waals surface area (Å²) in [5, 5.41) is 5.39. The predicted octanol–water partition coefficient (Wildman–Crippen LogP) is 3.11. The number of carbonyl (C=O) groups excluding carboxylic acids is 2. The van der Waals surface area contributed by atoms with Crippen LogP contribution in [-0.4, -0.2) is 36.4 Å². The van der Waals surface area contributed by atoms with Crippen molar-refractivity contribution in [3.8, 4) is 0 Å². The molecule has 29 heavy (non-hydrogen) atoms. The van der Waals surface area contributed by atoms with Gasteiger partial charge in [-0.05, 0) is 55.5 Å². The van der Waals surface area contributed by atoms with Crippen molar-refractivity contribution in [2.75, 3.05) is 29.9 Å². The Kier molecular flexibility index (Phi) is 5.46. The summed E-state index contributed by atoms with van der Waals surface area (Å²) in [6.45, 7) is 4.04. The van der Waals surface area contributed by atoms with Crippen molar-refractivity contribution in [2.24, 2.45) is 5.92 Å². The third-order valence-electron chi connectivity index (χ3n) is 5.20. The van der Waals surface area contributed by atoms with Gasteiger partial charge in [0.05, 0.1) is 0 Å². The van der Waals surface area contributed by atoms with Crippen molar-refractivity contribution in [2.45, 2.75) is 19.8 Å². The molecular weight excluding hydrogens is 368 g/mol. The van der Waals surface area contributed by atoms with E-state index in [-0.39, 0.29) is 0 Å². The maximum absolute atomic E-state index is 12.1. The minimum atomic E-state index is -0.639. The van der Waals surface area contributed by atoms with Gasteiger partial charge in [-0.15, -0.1) is 0 Å². The number of rotatable bonds is 4. The van der Waals surface area contributed by atoms with Gasteiger partial charge in [-0.3, -0.25) is 9.59 Å². The first-order chi connectivity index (χ1) is 14.1. The highest BCUT2D eigenvalue weighted by atomic mass is 16.4. The molecule has 0 bridgehead atoms. The molecule has 150 valence electrons. The highest BCUT2D eigenvalue weighted by Gasteiger charge is 2.24. The molecule has 1 saturated heterocycles. The molecule has 1 fully saturated rings. The van der Waals surface area contributed by atoms with Gasteiger partial charge in [-0.25, -0.2) is 0 Å². The van der Waals surface area contributed by atoms with Gasteiger partial charge in [0.2, 0.25) is 0 Å². The molecule has 7 nitrogen and oxygen atoms in total. The first kappa shape index (κ1) is 19.0. The number of benzene rings is 2. The van der Waals surface area contributed by atoms with Gasteiger partial charge in [0.25, 0.3) is 6.01 Å². The van der Waals surface area contributed by atoms with Crippen LogP contribution < -0.4 is 15.5 Å². The van der Waals surface area contributed by atoms with Crippen LogP contribution in [0.1, 0.15) is 18.4 Å². The zero-order chi connectivity index (χ0) is 20.2. The van der Waals surface area contributed by atoms with Crippen LogP contribution in [0.2, 0.25) is 0 Å². The molecule has 0 atom stereocenters. The lowest BCUT2D eigenvalue weighted by molar-refractivity contribution is -0.136. The molecule has 0 radical (unpaired) electrons. The molecule has 2 N–H and O–H groups in total. The molecule has 2 amide bonds. The number of amides is 2. The fraction of sp³-hybridized carbons (Fsp3) is 0.318. The summed E-state index contributed by atoms with van der Waals surface area (Å²) in [5.74, 6) is -0.918. The minimum Gasteiger partial charge on any atom is -0.423 e. The van der Waals surface area contributed by atoms with Gasteiger partial charge in [0, 0.05) is 25.3 Å². The predicted molar refractivity (Wildman–Crippen MR) is 112 cm³/mol. The molecule has 1 aliphatic rings. The van der Waals surface area contributed by atoms with Crippen LogP contribution >= 0.6 is 0 Å². The van der Waals surface area contributed by atoms with Crippen LogP contribution in [0.15, 0.2) is 52.9 Å². The van der Waals surface area contributed by atoms with Crippen LogP contribution in [-0.2, 0) is 9.59 Å². The molecule has 3 aromatic rings. The summed E-state index contributed by atoms with van der Waals surface area (Å²) in [4.78, 5) is 30.8. The van der Waals surface area contributed by atoms with Gasteiger partial charge in [0.15, 0.2) is 5.58 Å². The smallest absolute Gasteiger partial charge is 0.313 e. The Morgan fingerprint density at radius 2 is 1.90 bits per heavy atom. The minimum absolute atomic E-state index is 0.325. The summed E-state index contributed by atoms with van der Waals surface area (Å²) < 4.78 is 5.83. The fourth-order valence-electron chi connectivity index (χ4n) is 3.55. The maximum Gasteiger partial charge on any atom is 0.313 e. The van der Waals surface area contributed by atoms with Gasteiger partial charge < -0.3 is 20.0 Å². The largest absolute Gasteiger partial charge is 0.423 e. The molecule has 1 aromatic heterocycles. The zero-order valence-corrected chi connectivity index (χ0v) is 16.4. The molecule has 1 aliphatic heterocycles. The van der Waals surface area contributed by atoms with Gasteiger partial charge in [0.1, 0.15) is 5.52 Å². The van der Waals surface area contributed by atoms with E-state index in [1.54, 1.807) is 6.07 Å². The number of aromatic nitrogens is 1. The molecule has 0 saturated carbocycles. The summed E-state index contributed by atoms with van der Waals surface area (Å²) in [6.07, 6.45) is 1.80. The lowest BCUT2D eigenvalue weighted by Gasteiger charge is -2.30. The highest BCUT2D eigenvalue weighted by Crippen LogP contribution is 2.26. The Hall–Kier alpha value is -3.35. The second-order valence-corrected chi connectivity index (χ2v) is 7.43. The van der Waals surface area contributed by atoms with Crippen molar-refractivity contribution in [3.05, 3.63) is 54.1 Å². The number of nitrogens with one attached hydrogen (secondary N) is 2. The van der Waals surface area contributed by atoms with E-state index in [0.29, 0.717) is 24.2 Å². The van der Waals surface area contributed by atoms with Crippen molar-refractivity contribution < 1.29 is 14.0 Å². The summed E-state index contributed by atoms with van der Waals surface area (Å²) in [7, 11) is 0. The Labute approximate surface area is 169 Å². The number of fused-ring (bicyclic) bond motifs is 1. The van der Waals surface area contributed by atoms with Gasteiger partial charge >= 0.3 is 11.8 Å². The van der Waals surface area contributed by atoms with E-state index in [0.717, 1.165) is 42.6 Å². The second kappa shape index (κ2) is 8.34. The Bertz CT molecular complexity index is 989. The standard InChI is InChI=1S/C22H24N4O3/c1-15-5-4-6-17(13-15)24-21(28)20(27)23-14-16-9-11-26(12-10-16)22-25-18-7-2-3-8-19(18)29-22/h2-8,13,16H,9-12,14H2,1H3,(H,23,27)(H,24,28). The van der Waals surface area contributed by atoms with Crippen molar-refractivity contribution in [1.82, 2.24) is 10.3 Å². The van der Waals surface area contributed by atoms with E-state index < -0.39 is 11.8 Å². The van der Waals surface area contributed by atoms with E-state index in [2.05, 4.69) is 20.5 Å². The monoisotopic (exact) mass is 392 g/mol. The maximum atomic E-state index is 12.1. The van der Waals surface area contributed by atoms with Crippen LogP contribution in [0.3, 0.4) is 0 Å². The number of anilines is 2. The summed E-state index contributed by atoms with van der Waals surface area (Å²) >= 11 is 0. The normalized spacial score (nSPS) is 14.7. The fourth-order valence-corrected chi connectivity index (χ4v) is 3.55. The topological polar surface area (TPSA) is 87.5 Å². The molecule has 0 unspecified atom stereocenters. The zero-order valence-electron chi connectivity index (χ0n) is 16.4. The Morgan fingerprint density at radius 1 is 1.10 bits per heavy atom. The first-order valence-corrected chi connectivity index (χ1v) is 9.85. The number of carbonyl (C=O) groups is 2. The number of piperidine rings is 1. The number of aryl methyl sites for hydroxylation is 1. The van der Waals surface area contributed by atoms with E-state index in [9.17, 15) is 9.59 Å². The molecule has 0 spiro atoms. The average Bonchev–Trinajstić information content (AvgIpc) is 3.16. The SMILES string of the molecule is Cc1cccc(NC(=O)C(=O)NCC2CCN(c3nc4ccccc4o3)CC2)c1. The Morgan fingerprint density at radius 3 is 2.66 bits per heavy atom. The lowest BCUT2D eigenvalue weighted by atomic mass is 9.97. The van der Waals surface area contributed by atoms with Gasteiger partial charge in [-0.1, -0.05) is 24.3 Å². The summed E-state index contributed by atoms with van der Waals surface area (Å²) in [6, 6.07) is 15.7. The van der Waals surface area contributed by atoms with Crippen molar-refractivity contribution in [1.29, 1.82) is 0 Å². The number of para-hydroxylation sites is 2. The van der Waals surface area contributed by atoms with E-state index in [1.807, 2.05) is 49.4 Å². The van der Waals surface area contributed by atoms with E-state index in [4.69, 9.17) is 4.42 Å². The summed E-state index contributed by atoms with van der Waals surface area (Å²) in [5.41, 5.74) is 3.29. The number of oxazole rings is 1. The third-order valence-corrected chi connectivity index (χ3v) is 5.20. The van der Waals surface area contributed by atoms with Crippen LogP contribution in [0, 0.1) is 12.8 Å². The van der Waals surface area contributed by atoms with Crippen LogP contribution in [0.5, 0.6) is 0 Å². The number of nitrogens with zero attached hydrogens (tertiary/aromatic N) is 2. The van der Waals surface area contributed by atoms with Crippen molar-refractivity contribution in [3.63, 3.8) is 0 Å². The Balaban J connectivity index is 1.24. The molecular formula is C22H24N4O3. The molecule has 2 aromatic carbocycles.